The van der Waals surface area contributed by atoms with Crippen molar-refractivity contribution in [2.45, 2.75) is 5.03 Å². The maximum absolute atomic E-state index is 12.3. The van der Waals surface area contributed by atoms with Crippen LogP contribution >= 0.6 is 0 Å². The van der Waals surface area contributed by atoms with Crippen molar-refractivity contribution in [3.63, 3.8) is 0 Å². The van der Waals surface area contributed by atoms with Crippen LogP contribution in [-0.2, 0) is 9.84 Å². The maximum atomic E-state index is 12.3. The third-order valence-corrected chi connectivity index (χ3v) is 1.90. The first-order valence-corrected chi connectivity index (χ1v) is 4.63. The van der Waals surface area contributed by atoms with Gasteiger partial charge in [0.25, 0.3) is 0 Å². The van der Waals surface area contributed by atoms with Gasteiger partial charge in [0.15, 0.2) is 14.9 Å². The summed E-state index contributed by atoms with van der Waals surface area (Å²) >= 11 is 0. The Morgan fingerprint density at radius 1 is 1.64 bits per heavy atom. The molecule has 0 saturated carbocycles. The molecule has 1 aromatic heterocycles. The summed E-state index contributed by atoms with van der Waals surface area (Å²) in [6.45, 7) is 0. The summed E-state index contributed by atoms with van der Waals surface area (Å²) in [6, 6.07) is 3.02. The van der Waals surface area contributed by atoms with E-state index in [2.05, 4.69) is 4.98 Å². The van der Waals surface area contributed by atoms with E-state index in [0.717, 1.165) is 18.5 Å². The van der Waals surface area contributed by atoms with E-state index in [4.69, 9.17) is 0 Å². The van der Waals surface area contributed by atoms with Crippen LogP contribution in [0.25, 0.3) is 0 Å². The first-order chi connectivity index (χ1) is 5.00. The van der Waals surface area contributed by atoms with Crippen LogP contribution in [0.15, 0.2) is 17.3 Å². The fraction of sp³-hybridized carbons (Fsp3) is 0.167. The standard InChI is InChI=1S/C6H5FNO2S/c1-11(9,10)6-4-5(7)2-3-8-6/h2-3H,1H3. The summed E-state index contributed by atoms with van der Waals surface area (Å²) in [4.78, 5) is 3.43. The van der Waals surface area contributed by atoms with Gasteiger partial charge in [-0.05, 0) is 6.07 Å². The van der Waals surface area contributed by atoms with Gasteiger partial charge in [-0.25, -0.2) is 17.8 Å². The zero-order chi connectivity index (χ0) is 8.48. The monoisotopic (exact) mass is 174 g/mol. The molecule has 0 saturated heterocycles. The number of nitrogens with zero attached hydrogens (tertiary/aromatic N) is 1. The normalized spacial score (nSPS) is 11.5. The summed E-state index contributed by atoms with van der Waals surface area (Å²) in [5, 5.41) is -0.363. The average Bonchev–Trinajstić information content (AvgIpc) is 1.86. The molecule has 0 aromatic carbocycles. The number of halogens is 1. The van der Waals surface area contributed by atoms with Crippen molar-refractivity contribution in [1.29, 1.82) is 0 Å². The van der Waals surface area contributed by atoms with E-state index in [1.807, 2.05) is 6.07 Å². The molecule has 1 heterocycles. The Kier molecular flexibility index (Phi) is 1.90. The second-order valence-corrected chi connectivity index (χ2v) is 3.93. The lowest BCUT2D eigenvalue weighted by molar-refractivity contribution is 0.588. The number of hydrogen-bond acceptors (Lipinski definition) is 3. The van der Waals surface area contributed by atoms with Gasteiger partial charge in [0.05, 0.1) is 6.07 Å². The minimum absolute atomic E-state index is 0.363. The molecule has 1 rings (SSSR count). The lowest BCUT2D eigenvalue weighted by atomic mass is 10.5. The van der Waals surface area contributed by atoms with Gasteiger partial charge < -0.3 is 0 Å². The zero-order valence-corrected chi connectivity index (χ0v) is 6.52. The van der Waals surface area contributed by atoms with E-state index in [1.165, 1.54) is 0 Å². The Bertz CT molecular complexity index is 361. The smallest absolute Gasteiger partial charge is 0.193 e. The topological polar surface area (TPSA) is 47.0 Å². The van der Waals surface area contributed by atoms with Crippen molar-refractivity contribution in [3.05, 3.63) is 24.1 Å². The largest absolute Gasteiger partial charge is 0.244 e. The molecule has 1 aromatic rings. The van der Waals surface area contributed by atoms with E-state index in [0.29, 0.717) is 0 Å². The molecular weight excluding hydrogens is 169 g/mol. The number of sulfone groups is 1. The van der Waals surface area contributed by atoms with Crippen LogP contribution in [0.5, 0.6) is 0 Å². The molecule has 0 amide bonds. The maximum Gasteiger partial charge on any atom is 0.193 e. The highest BCUT2D eigenvalue weighted by Gasteiger charge is 2.08. The second-order valence-electron chi connectivity index (χ2n) is 2.00. The van der Waals surface area contributed by atoms with Crippen LogP contribution in [-0.4, -0.2) is 19.7 Å². The molecule has 0 unspecified atom stereocenters. The Morgan fingerprint density at radius 3 is 2.64 bits per heavy atom. The van der Waals surface area contributed by atoms with Crippen molar-refractivity contribution in [2.24, 2.45) is 0 Å². The van der Waals surface area contributed by atoms with Crippen LogP contribution in [0.1, 0.15) is 0 Å². The SMILES string of the molecule is CS(=O)(=O)c1[c]c(F)ccn1. The molecule has 11 heavy (non-hydrogen) atoms. The molecule has 0 aliphatic heterocycles. The summed E-state index contributed by atoms with van der Waals surface area (Å²) in [5.41, 5.74) is 0. The van der Waals surface area contributed by atoms with Gasteiger partial charge in [0.1, 0.15) is 5.82 Å². The highest BCUT2D eigenvalue weighted by atomic mass is 32.2. The molecular formula is C6H5FNO2S. The molecule has 0 atom stereocenters. The lowest BCUT2D eigenvalue weighted by Crippen LogP contribution is -2.00. The molecule has 0 bridgehead atoms. The molecule has 0 spiro atoms. The second kappa shape index (κ2) is 2.58. The van der Waals surface area contributed by atoms with Crippen LogP contribution in [0.3, 0.4) is 0 Å². The van der Waals surface area contributed by atoms with Crippen LogP contribution in [0, 0.1) is 11.9 Å². The molecule has 1 radical (unpaired) electrons. The first kappa shape index (κ1) is 8.13. The molecule has 0 N–H and O–H groups in total. The predicted molar refractivity (Wildman–Crippen MR) is 36.1 cm³/mol. The van der Waals surface area contributed by atoms with Crippen molar-refractivity contribution < 1.29 is 12.8 Å². The molecule has 59 valence electrons. The van der Waals surface area contributed by atoms with Gasteiger partial charge in [-0.3, -0.25) is 0 Å². The first-order valence-electron chi connectivity index (χ1n) is 2.74. The lowest BCUT2D eigenvalue weighted by Gasteiger charge is -1.93. The van der Waals surface area contributed by atoms with Gasteiger partial charge in [0.2, 0.25) is 0 Å². The number of hydrogen-bond donors (Lipinski definition) is 0. The van der Waals surface area contributed by atoms with Crippen LogP contribution in [0.2, 0.25) is 0 Å². The van der Waals surface area contributed by atoms with E-state index >= 15 is 0 Å². The number of aromatic nitrogens is 1. The quantitative estimate of drug-likeness (QED) is 0.620. The molecule has 3 nitrogen and oxygen atoms in total. The summed E-state index contributed by atoms with van der Waals surface area (Å²) in [6.07, 6.45) is 2.04. The van der Waals surface area contributed by atoms with Crippen molar-refractivity contribution >= 4 is 9.84 Å². The minimum atomic E-state index is -3.43. The van der Waals surface area contributed by atoms with Crippen molar-refractivity contribution in [2.75, 3.05) is 6.26 Å². The molecule has 0 aliphatic rings. The highest BCUT2D eigenvalue weighted by molar-refractivity contribution is 7.90. The van der Waals surface area contributed by atoms with E-state index < -0.39 is 15.7 Å². The molecule has 5 heteroatoms. The fourth-order valence-corrected chi connectivity index (χ4v) is 1.07. The van der Waals surface area contributed by atoms with E-state index in [1.54, 1.807) is 0 Å². The highest BCUT2D eigenvalue weighted by Crippen LogP contribution is 2.04. The summed E-state index contributed by atoms with van der Waals surface area (Å²) in [7, 11) is -3.43. The van der Waals surface area contributed by atoms with Gasteiger partial charge in [-0.2, -0.15) is 0 Å². The molecule has 0 aliphatic carbocycles. The minimum Gasteiger partial charge on any atom is -0.244 e. The average molecular weight is 174 g/mol. The van der Waals surface area contributed by atoms with Gasteiger partial charge in [-0.15, -0.1) is 0 Å². The third-order valence-electron chi connectivity index (χ3n) is 0.990. The molecule has 0 fully saturated rings. The fourth-order valence-electron chi connectivity index (χ4n) is 0.535. The van der Waals surface area contributed by atoms with E-state index in [9.17, 15) is 12.8 Å². The van der Waals surface area contributed by atoms with Gasteiger partial charge >= 0.3 is 0 Å². The van der Waals surface area contributed by atoms with E-state index in [-0.39, 0.29) is 5.03 Å². The summed E-state index contributed by atoms with van der Waals surface area (Å²) in [5.74, 6) is -0.722. The Balaban J connectivity index is 3.28. The predicted octanol–water partition coefficient (Wildman–Crippen LogP) is 0.424. The summed E-state index contributed by atoms with van der Waals surface area (Å²) < 4.78 is 33.8. The van der Waals surface area contributed by atoms with Gasteiger partial charge in [-0.1, -0.05) is 0 Å². The Hall–Kier alpha value is -0.970. The third kappa shape index (κ3) is 1.98. The van der Waals surface area contributed by atoms with Crippen LogP contribution < -0.4 is 0 Å². The Labute approximate surface area is 63.8 Å². The van der Waals surface area contributed by atoms with Crippen LogP contribution in [0.4, 0.5) is 4.39 Å². The zero-order valence-electron chi connectivity index (χ0n) is 5.70. The van der Waals surface area contributed by atoms with Crippen molar-refractivity contribution in [3.8, 4) is 0 Å². The van der Waals surface area contributed by atoms with Gasteiger partial charge in [0, 0.05) is 12.5 Å². The Morgan fingerprint density at radius 2 is 2.27 bits per heavy atom. The van der Waals surface area contributed by atoms with Crippen molar-refractivity contribution in [1.82, 2.24) is 4.98 Å². The number of pyridine rings is 1. The number of rotatable bonds is 1.